The van der Waals surface area contributed by atoms with E-state index in [9.17, 15) is 4.79 Å². The van der Waals surface area contributed by atoms with Crippen molar-refractivity contribution in [3.05, 3.63) is 65.5 Å². The molecule has 0 saturated heterocycles. The third-order valence-corrected chi connectivity index (χ3v) is 5.67. The third-order valence-electron chi connectivity index (χ3n) is 4.52. The molecular weight excluding hydrogens is 370 g/mol. The maximum absolute atomic E-state index is 12.2. The normalized spacial score (nSPS) is 12.8. The molecule has 1 aliphatic heterocycles. The summed E-state index contributed by atoms with van der Waals surface area (Å²) >= 11 is 1.74. The van der Waals surface area contributed by atoms with Gasteiger partial charge in [0.2, 0.25) is 0 Å². The topological polar surface area (TPSA) is 71.3 Å². The van der Waals surface area contributed by atoms with Crippen molar-refractivity contribution in [1.29, 1.82) is 0 Å². The third kappa shape index (κ3) is 3.80. The largest absolute Gasteiger partial charge is 0.354 e. The predicted octanol–water partition coefficient (Wildman–Crippen LogP) is 4.25. The number of amides is 1. The van der Waals surface area contributed by atoms with Gasteiger partial charge in [0.15, 0.2) is 0 Å². The smallest absolute Gasteiger partial charge is 0.261 e. The van der Waals surface area contributed by atoms with Gasteiger partial charge in [-0.2, -0.15) is 10.2 Å². The number of aryl methyl sites for hydroxylation is 2. The zero-order valence-electron chi connectivity index (χ0n) is 16.0. The van der Waals surface area contributed by atoms with E-state index >= 15 is 0 Å². The van der Waals surface area contributed by atoms with Gasteiger partial charge in [-0.25, -0.2) is 5.43 Å². The minimum Gasteiger partial charge on any atom is -0.354 e. The zero-order chi connectivity index (χ0) is 19.7. The number of fused-ring (bicyclic) bond motifs is 2. The lowest BCUT2D eigenvalue weighted by atomic mass is 10.1. The number of nitrogens with one attached hydrogen (secondary N) is 2. The molecule has 1 aromatic heterocycles. The lowest BCUT2D eigenvalue weighted by Gasteiger charge is -2.21. The second-order valence-corrected chi connectivity index (χ2v) is 7.83. The molecule has 2 heterocycles. The summed E-state index contributed by atoms with van der Waals surface area (Å²) in [6, 6.07) is 16.3. The van der Waals surface area contributed by atoms with Crippen LogP contribution < -0.4 is 10.7 Å². The highest BCUT2D eigenvalue weighted by Crippen LogP contribution is 2.44. The number of hydrogen-bond donors (Lipinski definition) is 2. The van der Waals surface area contributed by atoms with Crippen LogP contribution in [0.1, 0.15) is 23.9 Å². The van der Waals surface area contributed by atoms with Crippen LogP contribution in [0.25, 0.3) is 0 Å². The van der Waals surface area contributed by atoms with Gasteiger partial charge in [0.05, 0.1) is 22.8 Å². The molecule has 4 rings (SSSR count). The molecule has 0 atom stereocenters. The number of carbonyl (C=O) groups excluding carboxylic acids is 1. The van der Waals surface area contributed by atoms with Crippen LogP contribution in [0.2, 0.25) is 0 Å². The van der Waals surface area contributed by atoms with Gasteiger partial charge < -0.3 is 5.32 Å². The summed E-state index contributed by atoms with van der Waals surface area (Å²) in [5.74, 6) is -0.203. The lowest BCUT2D eigenvalue weighted by Crippen LogP contribution is -2.25. The molecule has 1 aliphatic rings. The highest BCUT2D eigenvalue weighted by atomic mass is 32.2. The maximum atomic E-state index is 12.2. The Kier molecular flexibility index (Phi) is 4.92. The van der Waals surface area contributed by atoms with Crippen LogP contribution in [-0.2, 0) is 11.3 Å². The average Bonchev–Trinajstić information content (AvgIpc) is 3.00. The van der Waals surface area contributed by atoms with Crippen molar-refractivity contribution in [2.75, 3.05) is 5.32 Å². The molecular formula is C21H21N5OS. The van der Waals surface area contributed by atoms with Crippen molar-refractivity contribution >= 4 is 34.8 Å². The number of aromatic nitrogens is 2. The number of para-hydroxylation sites is 1. The van der Waals surface area contributed by atoms with Gasteiger partial charge in [-0.1, -0.05) is 30.0 Å². The molecule has 0 saturated carbocycles. The molecule has 2 aromatic carbocycles. The molecule has 2 N–H and O–H groups in total. The molecule has 0 fully saturated rings. The number of benzene rings is 2. The summed E-state index contributed by atoms with van der Waals surface area (Å²) in [7, 11) is 0. The van der Waals surface area contributed by atoms with Crippen molar-refractivity contribution in [2.24, 2.45) is 5.10 Å². The first kappa shape index (κ1) is 18.3. The fourth-order valence-electron chi connectivity index (χ4n) is 3.08. The van der Waals surface area contributed by atoms with Gasteiger partial charge >= 0.3 is 0 Å². The Morgan fingerprint density at radius 2 is 1.93 bits per heavy atom. The van der Waals surface area contributed by atoms with E-state index in [1.165, 1.54) is 9.79 Å². The van der Waals surface area contributed by atoms with E-state index in [0.29, 0.717) is 0 Å². The predicted molar refractivity (Wildman–Crippen MR) is 112 cm³/mol. The van der Waals surface area contributed by atoms with Crippen molar-refractivity contribution in [2.45, 2.75) is 37.1 Å². The summed E-state index contributed by atoms with van der Waals surface area (Å²) in [5.41, 5.74) is 8.32. The second-order valence-electron chi connectivity index (χ2n) is 6.75. The van der Waals surface area contributed by atoms with E-state index < -0.39 is 0 Å². The minimum absolute atomic E-state index is 0.148. The summed E-state index contributed by atoms with van der Waals surface area (Å²) in [5, 5.41) is 12.0. The van der Waals surface area contributed by atoms with Gasteiger partial charge in [-0.15, -0.1) is 0 Å². The fraction of sp³-hybridized carbons (Fsp3) is 0.190. The molecule has 3 aromatic rings. The lowest BCUT2D eigenvalue weighted by molar-refractivity contribution is -0.121. The summed E-state index contributed by atoms with van der Waals surface area (Å²) in [6.45, 7) is 5.87. The minimum atomic E-state index is -0.203. The Morgan fingerprint density at radius 1 is 1.14 bits per heavy atom. The van der Waals surface area contributed by atoms with Crippen molar-refractivity contribution in [3.8, 4) is 0 Å². The van der Waals surface area contributed by atoms with E-state index in [1.54, 1.807) is 16.4 Å². The Morgan fingerprint density at radius 3 is 2.71 bits per heavy atom. The fourth-order valence-corrected chi connectivity index (χ4v) is 4.05. The molecule has 0 spiro atoms. The zero-order valence-corrected chi connectivity index (χ0v) is 16.8. The van der Waals surface area contributed by atoms with Crippen molar-refractivity contribution in [1.82, 2.24) is 15.2 Å². The SMILES string of the molecule is CC(=NNC(=O)Cn1nc(C)cc1C)c1ccc2c(c1)Nc1ccccc1S2. The standard InChI is InChI=1S/C21H21N5OS/c1-13-10-14(2)26(25-13)12-21(27)24-23-15(3)16-8-9-20-18(11-16)22-17-6-4-5-7-19(17)28-20/h4-11,22H,12H2,1-3H3,(H,24,27). The first-order valence-corrected chi connectivity index (χ1v) is 9.84. The van der Waals surface area contributed by atoms with Gasteiger partial charge in [-0.05, 0) is 56.7 Å². The first-order chi connectivity index (χ1) is 13.5. The monoisotopic (exact) mass is 391 g/mol. The van der Waals surface area contributed by atoms with Gasteiger partial charge in [0.25, 0.3) is 5.91 Å². The van der Waals surface area contributed by atoms with Crippen LogP contribution >= 0.6 is 11.8 Å². The van der Waals surface area contributed by atoms with Crippen LogP contribution in [-0.4, -0.2) is 21.4 Å². The van der Waals surface area contributed by atoms with E-state index in [1.807, 2.05) is 45.0 Å². The second kappa shape index (κ2) is 7.52. The maximum Gasteiger partial charge on any atom is 0.261 e. The number of carbonyl (C=O) groups is 1. The summed E-state index contributed by atoms with van der Waals surface area (Å²) in [6.07, 6.45) is 0. The molecule has 0 unspecified atom stereocenters. The molecule has 1 amide bonds. The number of hydrogen-bond acceptors (Lipinski definition) is 5. The van der Waals surface area contributed by atoms with Crippen molar-refractivity contribution in [3.63, 3.8) is 0 Å². The highest BCUT2D eigenvalue weighted by molar-refractivity contribution is 7.99. The molecule has 28 heavy (non-hydrogen) atoms. The number of anilines is 2. The number of rotatable bonds is 4. The molecule has 6 nitrogen and oxygen atoms in total. The van der Waals surface area contributed by atoms with Crippen molar-refractivity contribution < 1.29 is 4.79 Å². The molecule has 142 valence electrons. The number of nitrogens with zero attached hydrogens (tertiary/aromatic N) is 3. The quantitative estimate of drug-likeness (QED) is 0.403. The number of hydrazone groups is 1. The van der Waals surface area contributed by atoms with Crippen LogP contribution in [0.15, 0.2) is 63.4 Å². The van der Waals surface area contributed by atoms with Crippen LogP contribution in [0.4, 0.5) is 11.4 Å². The van der Waals surface area contributed by atoms with Crippen LogP contribution in [0.5, 0.6) is 0 Å². The van der Waals surface area contributed by atoms with Gasteiger partial charge in [0, 0.05) is 15.5 Å². The Hall–Kier alpha value is -3.06. The Labute approximate surface area is 168 Å². The van der Waals surface area contributed by atoms with Crippen LogP contribution in [0.3, 0.4) is 0 Å². The van der Waals surface area contributed by atoms with Gasteiger partial charge in [-0.3, -0.25) is 9.48 Å². The van der Waals surface area contributed by atoms with Gasteiger partial charge in [0.1, 0.15) is 6.54 Å². The Bertz CT molecular complexity index is 1090. The Balaban J connectivity index is 1.46. The average molecular weight is 392 g/mol. The summed E-state index contributed by atoms with van der Waals surface area (Å²) < 4.78 is 1.67. The van der Waals surface area contributed by atoms with E-state index in [-0.39, 0.29) is 12.5 Å². The molecule has 0 bridgehead atoms. The van der Waals surface area contributed by atoms with E-state index in [0.717, 1.165) is 34.0 Å². The van der Waals surface area contributed by atoms with Crippen LogP contribution in [0, 0.1) is 13.8 Å². The first-order valence-electron chi connectivity index (χ1n) is 9.02. The summed E-state index contributed by atoms with van der Waals surface area (Å²) in [4.78, 5) is 14.6. The highest BCUT2D eigenvalue weighted by Gasteiger charge is 2.16. The van der Waals surface area contributed by atoms with E-state index in [4.69, 9.17) is 0 Å². The molecule has 0 aliphatic carbocycles. The molecule has 7 heteroatoms. The van der Waals surface area contributed by atoms with E-state index in [2.05, 4.69) is 45.2 Å². The molecule has 0 radical (unpaired) electrons.